The molecule has 0 unspecified atom stereocenters. The lowest BCUT2D eigenvalue weighted by molar-refractivity contribution is -0.116. The number of hydrogen-bond acceptors (Lipinski definition) is 2. The summed E-state index contributed by atoms with van der Waals surface area (Å²) in [7, 11) is 0. The number of nitrogens with zero attached hydrogens (tertiary/aromatic N) is 1. The van der Waals surface area contributed by atoms with Gasteiger partial charge >= 0.3 is 0 Å². The number of fused-ring (bicyclic) bond motifs is 1. The first-order chi connectivity index (χ1) is 11.7. The maximum absolute atomic E-state index is 12.4. The van der Waals surface area contributed by atoms with Crippen molar-refractivity contribution >= 4 is 22.5 Å². The average Bonchev–Trinajstić information content (AvgIpc) is 2.60. The van der Waals surface area contributed by atoms with Crippen LogP contribution in [0.25, 0.3) is 10.9 Å². The normalized spacial score (nSPS) is 11.0. The van der Waals surface area contributed by atoms with Crippen molar-refractivity contribution in [1.29, 1.82) is 0 Å². The van der Waals surface area contributed by atoms with Crippen molar-refractivity contribution in [1.82, 2.24) is 4.98 Å². The number of unbranched alkanes of at least 4 members (excludes halogenated alkanes) is 5. The van der Waals surface area contributed by atoms with Gasteiger partial charge in [0.15, 0.2) is 0 Å². The number of hydrogen-bond donors (Lipinski definition) is 1. The van der Waals surface area contributed by atoms with Crippen LogP contribution in [0.5, 0.6) is 0 Å². The van der Waals surface area contributed by atoms with Gasteiger partial charge in [-0.15, -0.1) is 0 Å². The van der Waals surface area contributed by atoms with Crippen LogP contribution in [0.3, 0.4) is 0 Å². The van der Waals surface area contributed by atoms with Crippen molar-refractivity contribution in [3.63, 3.8) is 0 Å². The highest BCUT2D eigenvalue weighted by Crippen LogP contribution is 2.28. The summed E-state index contributed by atoms with van der Waals surface area (Å²) < 4.78 is 0. The van der Waals surface area contributed by atoms with E-state index in [-0.39, 0.29) is 5.91 Å². The number of nitrogens with one attached hydrogen (secondary N) is 1. The van der Waals surface area contributed by atoms with Gasteiger partial charge in [0.05, 0.1) is 11.2 Å². The molecular formula is C21H30N2O. The first-order valence-electron chi connectivity index (χ1n) is 9.35. The van der Waals surface area contributed by atoms with Crippen molar-refractivity contribution in [2.45, 2.75) is 72.1 Å². The lowest BCUT2D eigenvalue weighted by Gasteiger charge is -2.15. The third-order valence-corrected chi connectivity index (χ3v) is 4.59. The largest absolute Gasteiger partial charge is 0.325 e. The second-order valence-corrected chi connectivity index (χ2v) is 6.50. The molecule has 0 radical (unpaired) electrons. The van der Waals surface area contributed by atoms with Crippen LogP contribution < -0.4 is 5.32 Å². The molecule has 0 bridgehead atoms. The van der Waals surface area contributed by atoms with Crippen molar-refractivity contribution in [2.75, 3.05) is 5.32 Å². The Labute approximate surface area is 145 Å². The van der Waals surface area contributed by atoms with Crippen molar-refractivity contribution < 1.29 is 4.79 Å². The highest BCUT2D eigenvalue weighted by molar-refractivity contribution is 6.02. The molecule has 0 aliphatic heterocycles. The van der Waals surface area contributed by atoms with Gasteiger partial charge in [0.1, 0.15) is 0 Å². The highest BCUT2D eigenvalue weighted by atomic mass is 16.1. The van der Waals surface area contributed by atoms with E-state index in [0.717, 1.165) is 47.1 Å². The molecule has 3 nitrogen and oxygen atoms in total. The fraction of sp³-hybridized carbons (Fsp3) is 0.524. The molecule has 0 atom stereocenters. The van der Waals surface area contributed by atoms with Gasteiger partial charge in [0.2, 0.25) is 5.91 Å². The van der Waals surface area contributed by atoms with E-state index in [9.17, 15) is 4.79 Å². The summed E-state index contributed by atoms with van der Waals surface area (Å²) in [4.78, 5) is 17.1. The standard InChI is InChI=1S/C21H30N2O/c1-4-6-7-8-9-10-15-20(24)23-21-16(3)18(5-2)22-19-14-12-11-13-17(19)21/h11-14H,4-10,15H2,1-3H3,(H,22,23,24). The maximum atomic E-state index is 12.4. The summed E-state index contributed by atoms with van der Waals surface area (Å²) in [5.74, 6) is 0.118. The number of carbonyl (C=O) groups excluding carboxylic acids is 1. The Hall–Kier alpha value is -1.90. The van der Waals surface area contributed by atoms with Crippen molar-refractivity contribution in [3.8, 4) is 0 Å². The third kappa shape index (κ3) is 4.80. The lowest BCUT2D eigenvalue weighted by atomic mass is 10.0. The minimum absolute atomic E-state index is 0.118. The van der Waals surface area contributed by atoms with Crippen LogP contribution in [-0.2, 0) is 11.2 Å². The Morgan fingerprint density at radius 1 is 1.04 bits per heavy atom. The molecule has 24 heavy (non-hydrogen) atoms. The zero-order valence-electron chi connectivity index (χ0n) is 15.3. The molecule has 1 N–H and O–H groups in total. The van der Waals surface area contributed by atoms with E-state index in [1.807, 2.05) is 24.3 Å². The number of para-hydroxylation sites is 1. The van der Waals surface area contributed by atoms with E-state index in [2.05, 4.69) is 26.1 Å². The van der Waals surface area contributed by atoms with Crippen LogP contribution in [0.4, 0.5) is 5.69 Å². The number of aromatic nitrogens is 1. The molecule has 0 aliphatic rings. The predicted octanol–water partition coefficient (Wildman–Crippen LogP) is 5.79. The first kappa shape index (κ1) is 18.4. The van der Waals surface area contributed by atoms with Gasteiger partial charge in [-0.2, -0.15) is 0 Å². The smallest absolute Gasteiger partial charge is 0.224 e. The van der Waals surface area contributed by atoms with Gasteiger partial charge in [-0.25, -0.2) is 0 Å². The van der Waals surface area contributed by atoms with Crippen molar-refractivity contribution in [3.05, 3.63) is 35.5 Å². The zero-order valence-corrected chi connectivity index (χ0v) is 15.3. The van der Waals surface area contributed by atoms with Gasteiger partial charge in [-0.3, -0.25) is 9.78 Å². The average molecular weight is 326 g/mol. The van der Waals surface area contributed by atoms with E-state index >= 15 is 0 Å². The lowest BCUT2D eigenvalue weighted by Crippen LogP contribution is -2.13. The van der Waals surface area contributed by atoms with Gasteiger partial charge < -0.3 is 5.32 Å². The second kappa shape index (κ2) is 9.41. The summed E-state index contributed by atoms with van der Waals surface area (Å²) in [5.41, 5.74) is 4.04. The molecule has 0 saturated heterocycles. The molecule has 1 amide bonds. The van der Waals surface area contributed by atoms with Gasteiger partial charge in [0.25, 0.3) is 0 Å². The number of benzene rings is 1. The monoisotopic (exact) mass is 326 g/mol. The number of amides is 1. The topological polar surface area (TPSA) is 42.0 Å². The van der Waals surface area contributed by atoms with Crippen LogP contribution in [0.1, 0.15) is 70.1 Å². The summed E-state index contributed by atoms with van der Waals surface area (Å²) in [6, 6.07) is 8.04. The van der Waals surface area contributed by atoms with Gasteiger partial charge in [-0.05, 0) is 31.4 Å². The third-order valence-electron chi connectivity index (χ3n) is 4.59. The molecule has 1 heterocycles. The molecule has 1 aromatic carbocycles. The van der Waals surface area contributed by atoms with Gasteiger partial charge in [-0.1, -0.05) is 64.2 Å². The number of pyridine rings is 1. The van der Waals surface area contributed by atoms with E-state index in [0.29, 0.717) is 6.42 Å². The van der Waals surface area contributed by atoms with Crippen LogP contribution in [-0.4, -0.2) is 10.9 Å². The molecule has 0 saturated carbocycles. The number of anilines is 1. The quantitative estimate of drug-likeness (QED) is 0.592. The molecule has 0 fully saturated rings. The molecule has 130 valence electrons. The Morgan fingerprint density at radius 3 is 2.50 bits per heavy atom. The molecule has 2 rings (SSSR count). The van der Waals surface area contributed by atoms with E-state index in [4.69, 9.17) is 4.98 Å². The molecule has 0 aliphatic carbocycles. The van der Waals surface area contributed by atoms with E-state index in [1.54, 1.807) is 0 Å². The first-order valence-corrected chi connectivity index (χ1v) is 9.35. The fourth-order valence-electron chi connectivity index (χ4n) is 3.13. The summed E-state index contributed by atoms with van der Waals surface area (Å²) in [6.45, 7) is 6.38. The molecule has 2 aromatic rings. The number of aryl methyl sites for hydroxylation is 1. The maximum Gasteiger partial charge on any atom is 0.224 e. The fourth-order valence-corrected chi connectivity index (χ4v) is 3.13. The van der Waals surface area contributed by atoms with E-state index in [1.165, 1.54) is 25.7 Å². The molecule has 1 aromatic heterocycles. The SMILES string of the molecule is CCCCCCCCC(=O)Nc1c(C)c(CC)nc2ccccc12. The Balaban J connectivity index is 2.03. The summed E-state index contributed by atoms with van der Waals surface area (Å²) in [6.07, 6.45) is 8.66. The molecule has 0 spiro atoms. The predicted molar refractivity (Wildman–Crippen MR) is 102 cm³/mol. The van der Waals surface area contributed by atoms with Gasteiger partial charge in [0, 0.05) is 17.5 Å². The number of rotatable bonds is 9. The van der Waals surface area contributed by atoms with Crippen LogP contribution in [0.2, 0.25) is 0 Å². The minimum Gasteiger partial charge on any atom is -0.325 e. The van der Waals surface area contributed by atoms with Crippen LogP contribution >= 0.6 is 0 Å². The Kier molecular flexibility index (Phi) is 7.23. The number of carbonyl (C=O) groups is 1. The van der Waals surface area contributed by atoms with Crippen molar-refractivity contribution in [2.24, 2.45) is 0 Å². The minimum atomic E-state index is 0.118. The molecule has 3 heteroatoms. The highest BCUT2D eigenvalue weighted by Gasteiger charge is 2.13. The van der Waals surface area contributed by atoms with E-state index < -0.39 is 0 Å². The summed E-state index contributed by atoms with van der Waals surface area (Å²) >= 11 is 0. The Morgan fingerprint density at radius 2 is 1.75 bits per heavy atom. The zero-order chi connectivity index (χ0) is 17.4. The van der Waals surface area contributed by atoms with Crippen LogP contribution in [0, 0.1) is 6.92 Å². The Bertz CT molecular complexity index is 679. The summed E-state index contributed by atoms with van der Waals surface area (Å²) in [5, 5.41) is 4.18. The second-order valence-electron chi connectivity index (χ2n) is 6.50. The molecular weight excluding hydrogens is 296 g/mol. The van der Waals surface area contributed by atoms with Crippen LogP contribution in [0.15, 0.2) is 24.3 Å².